The number of nitrogens with one attached hydrogen (secondary N) is 1. The quantitative estimate of drug-likeness (QED) is 0.727. The predicted molar refractivity (Wildman–Crippen MR) is 85.7 cm³/mol. The first-order valence-corrected chi connectivity index (χ1v) is 7.56. The van der Waals surface area contributed by atoms with Gasteiger partial charge in [-0.2, -0.15) is 0 Å². The molecule has 0 saturated heterocycles. The summed E-state index contributed by atoms with van der Waals surface area (Å²) in [6, 6.07) is 1.91. The average molecular weight is 296 g/mol. The van der Waals surface area contributed by atoms with Gasteiger partial charge >= 0.3 is 0 Å². The highest BCUT2D eigenvalue weighted by atomic mass is 16.5. The summed E-state index contributed by atoms with van der Waals surface area (Å²) in [5.41, 5.74) is -0.778. The molecule has 120 valence electrons. The maximum atomic E-state index is 10.0. The Labute approximate surface area is 127 Å². The summed E-state index contributed by atoms with van der Waals surface area (Å²) >= 11 is 0. The van der Waals surface area contributed by atoms with Crippen LogP contribution in [0.4, 0.5) is 11.6 Å². The van der Waals surface area contributed by atoms with Gasteiger partial charge in [-0.25, -0.2) is 9.97 Å². The van der Waals surface area contributed by atoms with Crippen LogP contribution in [0.3, 0.4) is 0 Å². The molecular weight excluding hydrogens is 268 g/mol. The van der Waals surface area contributed by atoms with Crippen LogP contribution in [-0.2, 0) is 11.3 Å². The highest BCUT2D eigenvalue weighted by Crippen LogP contribution is 2.19. The van der Waals surface area contributed by atoms with Gasteiger partial charge in [-0.1, -0.05) is 0 Å². The molecule has 1 heterocycles. The maximum Gasteiger partial charge on any atom is 0.158 e. The van der Waals surface area contributed by atoms with E-state index in [2.05, 4.69) is 15.3 Å². The molecule has 0 aliphatic heterocycles. The SMILES string of the molecule is CCNc1cc(N(CC)CC(C)(C)O)nc(COCC)n1. The first-order valence-electron chi connectivity index (χ1n) is 7.56. The number of aromatic nitrogens is 2. The highest BCUT2D eigenvalue weighted by Gasteiger charge is 2.19. The topological polar surface area (TPSA) is 70.5 Å². The van der Waals surface area contributed by atoms with E-state index in [1.54, 1.807) is 13.8 Å². The Morgan fingerprint density at radius 1 is 1.29 bits per heavy atom. The van der Waals surface area contributed by atoms with Gasteiger partial charge in [-0.15, -0.1) is 0 Å². The van der Waals surface area contributed by atoms with Crippen LogP contribution in [0, 0.1) is 0 Å². The van der Waals surface area contributed by atoms with E-state index < -0.39 is 5.60 Å². The lowest BCUT2D eigenvalue weighted by molar-refractivity contribution is 0.0873. The van der Waals surface area contributed by atoms with Gasteiger partial charge < -0.3 is 20.1 Å². The predicted octanol–water partition coefficient (Wildman–Crippen LogP) is 2.04. The lowest BCUT2D eigenvalue weighted by Crippen LogP contribution is -2.39. The fourth-order valence-electron chi connectivity index (χ4n) is 2.00. The number of anilines is 2. The van der Waals surface area contributed by atoms with E-state index in [0.29, 0.717) is 25.6 Å². The first-order chi connectivity index (χ1) is 9.89. The highest BCUT2D eigenvalue weighted by molar-refractivity contribution is 5.49. The lowest BCUT2D eigenvalue weighted by Gasteiger charge is -2.29. The number of likely N-dealkylation sites (N-methyl/N-ethyl adjacent to an activating group) is 1. The van der Waals surface area contributed by atoms with Crippen molar-refractivity contribution >= 4 is 11.6 Å². The van der Waals surface area contributed by atoms with Crippen molar-refractivity contribution in [1.29, 1.82) is 0 Å². The van der Waals surface area contributed by atoms with Gasteiger partial charge in [-0.3, -0.25) is 0 Å². The molecule has 0 amide bonds. The molecule has 0 radical (unpaired) electrons. The molecule has 0 saturated carbocycles. The van der Waals surface area contributed by atoms with Gasteiger partial charge in [0.25, 0.3) is 0 Å². The Bertz CT molecular complexity index is 432. The second kappa shape index (κ2) is 8.14. The maximum absolute atomic E-state index is 10.0. The minimum absolute atomic E-state index is 0.392. The molecule has 0 aliphatic carbocycles. The average Bonchev–Trinajstić information content (AvgIpc) is 2.41. The van der Waals surface area contributed by atoms with E-state index in [-0.39, 0.29) is 0 Å². The standard InChI is InChI=1S/C15H28N4O2/c1-6-16-12-9-14(18-13(17-12)10-21-8-3)19(7-2)11-15(4,5)20/h9,20H,6-8,10-11H2,1-5H3,(H,16,17,18). The van der Waals surface area contributed by atoms with Crippen LogP contribution in [0.5, 0.6) is 0 Å². The van der Waals surface area contributed by atoms with E-state index in [4.69, 9.17) is 4.74 Å². The summed E-state index contributed by atoms with van der Waals surface area (Å²) in [7, 11) is 0. The first kappa shape index (κ1) is 17.7. The summed E-state index contributed by atoms with van der Waals surface area (Å²) in [6.07, 6.45) is 0. The Balaban J connectivity index is 3.03. The van der Waals surface area contributed by atoms with Gasteiger partial charge in [-0.05, 0) is 34.6 Å². The number of aliphatic hydroxyl groups is 1. The third-order valence-corrected chi connectivity index (χ3v) is 2.84. The van der Waals surface area contributed by atoms with E-state index >= 15 is 0 Å². The molecule has 6 nitrogen and oxygen atoms in total. The number of nitrogens with zero attached hydrogens (tertiary/aromatic N) is 3. The third-order valence-electron chi connectivity index (χ3n) is 2.84. The fourth-order valence-corrected chi connectivity index (χ4v) is 2.00. The minimum atomic E-state index is -0.778. The van der Waals surface area contributed by atoms with Gasteiger partial charge in [0.2, 0.25) is 0 Å². The smallest absolute Gasteiger partial charge is 0.158 e. The Morgan fingerprint density at radius 2 is 2.00 bits per heavy atom. The molecule has 1 rings (SSSR count). The van der Waals surface area contributed by atoms with Crippen LogP contribution in [-0.4, -0.2) is 46.9 Å². The zero-order chi connectivity index (χ0) is 15.9. The number of hydrogen-bond acceptors (Lipinski definition) is 6. The van der Waals surface area contributed by atoms with Crippen molar-refractivity contribution in [2.24, 2.45) is 0 Å². The van der Waals surface area contributed by atoms with E-state index in [1.165, 1.54) is 0 Å². The Kier molecular flexibility index (Phi) is 6.84. The number of hydrogen-bond donors (Lipinski definition) is 2. The molecule has 1 aromatic rings. The van der Waals surface area contributed by atoms with Crippen molar-refractivity contribution < 1.29 is 9.84 Å². The molecule has 2 N–H and O–H groups in total. The van der Waals surface area contributed by atoms with Crippen molar-refractivity contribution in [3.05, 3.63) is 11.9 Å². The van der Waals surface area contributed by atoms with Crippen molar-refractivity contribution in [2.75, 3.05) is 36.5 Å². The van der Waals surface area contributed by atoms with E-state index in [1.807, 2.05) is 31.7 Å². The summed E-state index contributed by atoms with van der Waals surface area (Å²) in [5, 5.41) is 13.2. The van der Waals surface area contributed by atoms with Crippen molar-refractivity contribution in [3.8, 4) is 0 Å². The van der Waals surface area contributed by atoms with Gasteiger partial charge in [0.15, 0.2) is 5.82 Å². The van der Waals surface area contributed by atoms with Crippen molar-refractivity contribution in [3.63, 3.8) is 0 Å². The fraction of sp³-hybridized carbons (Fsp3) is 0.733. The third kappa shape index (κ3) is 6.27. The van der Waals surface area contributed by atoms with Gasteiger partial charge in [0.1, 0.15) is 18.2 Å². The number of rotatable bonds is 9. The van der Waals surface area contributed by atoms with Crippen molar-refractivity contribution in [2.45, 2.75) is 46.8 Å². The molecule has 6 heteroatoms. The van der Waals surface area contributed by atoms with Crippen LogP contribution in [0.15, 0.2) is 6.07 Å². The molecule has 21 heavy (non-hydrogen) atoms. The molecule has 0 fully saturated rings. The van der Waals surface area contributed by atoms with E-state index in [9.17, 15) is 5.11 Å². The molecule has 0 aromatic carbocycles. The molecule has 1 aromatic heterocycles. The summed E-state index contributed by atoms with van der Waals surface area (Å²) in [6.45, 7) is 12.7. The van der Waals surface area contributed by atoms with Crippen LogP contribution in [0.1, 0.15) is 40.4 Å². The second-order valence-electron chi connectivity index (χ2n) is 5.52. The van der Waals surface area contributed by atoms with Gasteiger partial charge in [0, 0.05) is 32.3 Å². The van der Waals surface area contributed by atoms with Crippen LogP contribution < -0.4 is 10.2 Å². The Morgan fingerprint density at radius 3 is 2.52 bits per heavy atom. The molecule has 0 atom stereocenters. The van der Waals surface area contributed by atoms with Crippen molar-refractivity contribution in [1.82, 2.24) is 9.97 Å². The summed E-state index contributed by atoms with van der Waals surface area (Å²) in [4.78, 5) is 11.0. The van der Waals surface area contributed by atoms with E-state index in [0.717, 1.165) is 24.7 Å². The summed E-state index contributed by atoms with van der Waals surface area (Å²) < 4.78 is 5.40. The molecule has 0 unspecified atom stereocenters. The van der Waals surface area contributed by atoms with Crippen LogP contribution >= 0.6 is 0 Å². The molecule has 0 aliphatic rings. The van der Waals surface area contributed by atoms with Crippen LogP contribution in [0.25, 0.3) is 0 Å². The Hall–Kier alpha value is -1.40. The van der Waals surface area contributed by atoms with Gasteiger partial charge in [0.05, 0.1) is 5.60 Å². The van der Waals surface area contributed by atoms with Crippen LogP contribution in [0.2, 0.25) is 0 Å². The molecular formula is C15H28N4O2. The largest absolute Gasteiger partial charge is 0.389 e. The second-order valence-corrected chi connectivity index (χ2v) is 5.52. The molecule has 0 bridgehead atoms. The summed E-state index contributed by atoms with van der Waals surface area (Å²) in [5.74, 6) is 2.24. The monoisotopic (exact) mass is 296 g/mol. The zero-order valence-electron chi connectivity index (χ0n) is 13.8. The lowest BCUT2D eigenvalue weighted by atomic mass is 10.1. The minimum Gasteiger partial charge on any atom is -0.389 e. The number of ether oxygens (including phenoxy) is 1. The normalized spacial score (nSPS) is 11.5. The zero-order valence-corrected chi connectivity index (χ0v) is 13.8. The molecule has 0 spiro atoms.